The van der Waals surface area contributed by atoms with Crippen LogP contribution in [0.4, 0.5) is 4.79 Å². The Morgan fingerprint density at radius 2 is 1.87 bits per heavy atom. The molecule has 0 unspecified atom stereocenters. The van der Waals surface area contributed by atoms with E-state index in [4.69, 9.17) is 14.2 Å². The smallest absolute Gasteiger partial charge is 0.326 e. The number of esters is 1. The Morgan fingerprint density at radius 3 is 2.47 bits per heavy atom. The van der Waals surface area contributed by atoms with Gasteiger partial charge in [0.1, 0.15) is 23.6 Å². The highest BCUT2D eigenvalue weighted by Crippen LogP contribution is 2.26. The van der Waals surface area contributed by atoms with Crippen LogP contribution in [-0.4, -0.2) is 61.5 Å². The molecule has 1 saturated heterocycles. The van der Waals surface area contributed by atoms with E-state index in [1.807, 2.05) is 13.8 Å². The average molecular weight is 420 g/mol. The summed E-state index contributed by atoms with van der Waals surface area (Å²) in [5, 5.41) is 2.64. The van der Waals surface area contributed by atoms with Crippen molar-refractivity contribution >= 4 is 23.7 Å². The summed E-state index contributed by atoms with van der Waals surface area (Å²) in [5.74, 6) is -0.654. The molecule has 1 heterocycles. The van der Waals surface area contributed by atoms with Crippen molar-refractivity contribution in [3.8, 4) is 11.5 Å². The van der Waals surface area contributed by atoms with Crippen molar-refractivity contribution in [3.63, 3.8) is 0 Å². The lowest BCUT2D eigenvalue weighted by molar-refractivity contribution is -0.146. The first-order valence-corrected chi connectivity index (χ1v) is 9.66. The standard InChI is InChI=1S/C21H28N2O7/c1-13(2)8-9-21(3)19(26)23(20(27)22-21)11-18(25)30-12-16(24)15-7-6-14(28-4)10-17(15)29-5/h6-7,10,13H,8-9,11-12H2,1-5H3,(H,22,27)/t21-/m1/s1. The number of carbonyl (C=O) groups excluding carboxylic acids is 4. The fourth-order valence-electron chi connectivity index (χ4n) is 3.06. The highest BCUT2D eigenvalue weighted by atomic mass is 16.5. The molecule has 0 spiro atoms. The van der Waals surface area contributed by atoms with Crippen molar-refractivity contribution in [1.29, 1.82) is 0 Å². The first-order valence-electron chi connectivity index (χ1n) is 9.66. The molecule has 0 saturated carbocycles. The molecular formula is C21H28N2O7. The number of methoxy groups -OCH3 is 2. The summed E-state index contributed by atoms with van der Waals surface area (Å²) in [6, 6.07) is 3.99. The Kier molecular flexibility index (Phi) is 7.42. The Hall–Kier alpha value is -3.10. The van der Waals surface area contributed by atoms with Crippen LogP contribution in [0.5, 0.6) is 11.5 Å². The second-order valence-electron chi connectivity index (χ2n) is 7.74. The Labute approximate surface area is 175 Å². The van der Waals surface area contributed by atoms with Crippen molar-refractivity contribution in [2.24, 2.45) is 5.92 Å². The van der Waals surface area contributed by atoms with Gasteiger partial charge < -0.3 is 19.5 Å². The van der Waals surface area contributed by atoms with Crippen molar-refractivity contribution in [2.45, 2.75) is 39.2 Å². The lowest BCUT2D eigenvalue weighted by atomic mass is 9.92. The summed E-state index contributed by atoms with van der Waals surface area (Å²) < 4.78 is 15.2. The number of carbonyl (C=O) groups is 4. The van der Waals surface area contributed by atoms with E-state index in [1.54, 1.807) is 19.1 Å². The SMILES string of the molecule is COc1ccc(C(=O)COC(=O)CN2C(=O)N[C@](C)(CCC(C)C)C2=O)c(OC)c1. The van der Waals surface area contributed by atoms with E-state index in [0.29, 0.717) is 18.1 Å². The molecule has 2 rings (SSSR count). The summed E-state index contributed by atoms with van der Waals surface area (Å²) in [6.07, 6.45) is 1.22. The Balaban J connectivity index is 1.95. The predicted molar refractivity (Wildman–Crippen MR) is 108 cm³/mol. The van der Waals surface area contributed by atoms with Crippen LogP contribution in [0.1, 0.15) is 44.0 Å². The molecule has 1 N–H and O–H groups in total. The molecule has 1 fully saturated rings. The van der Waals surface area contributed by atoms with E-state index in [9.17, 15) is 19.2 Å². The summed E-state index contributed by atoms with van der Waals surface area (Å²) in [5.41, 5.74) is -0.823. The highest BCUT2D eigenvalue weighted by Gasteiger charge is 2.48. The third kappa shape index (κ3) is 5.28. The van der Waals surface area contributed by atoms with Gasteiger partial charge in [-0.2, -0.15) is 0 Å². The summed E-state index contributed by atoms with van der Waals surface area (Å²) in [6.45, 7) is 4.58. The number of ether oxygens (including phenoxy) is 3. The number of ketones is 1. The number of nitrogens with one attached hydrogen (secondary N) is 1. The maximum Gasteiger partial charge on any atom is 0.326 e. The first kappa shape index (κ1) is 23.2. The zero-order valence-corrected chi connectivity index (χ0v) is 17.9. The van der Waals surface area contributed by atoms with E-state index >= 15 is 0 Å². The predicted octanol–water partition coefficient (Wildman–Crippen LogP) is 2.18. The molecule has 1 atom stereocenters. The molecule has 3 amide bonds. The fraction of sp³-hybridized carbons (Fsp3) is 0.524. The number of hydrogen-bond donors (Lipinski definition) is 1. The number of rotatable bonds is 10. The lowest BCUT2D eigenvalue weighted by Crippen LogP contribution is -2.44. The van der Waals surface area contributed by atoms with Crippen LogP contribution in [-0.2, 0) is 14.3 Å². The average Bonchev–Trinajstić information content (AvgIpc) is 2.93. The quantitative estimate of drug-likeness (QED) is 0.351. The van der Waals surface area contributed by atoms with Crippen LogP contribution in [0.3, 0.4) is 0 Å². The van der Waals surface area contributed by atoms with Crippen LogP contribution in [0, 0.1) is 5.92 Å². The fourth-order valence-corrected chi connectivity index (χ4v) is 3.06. The summed E-state index contributed by atoms with van der Waals surface area (Å²) in [7, 11) is 2.90. The van der Waals surface area contributed by atoms with Crippen LogP contribution in [0.15, 0.2) is 18.2 Å². The first-order chi connectivity index (χ1) is 14.1. The second-order valence-corrected chi connectivity index (χ2v) is 7.74. The number of amides is 3. The maximum absolute atomic E-state index is 12.6. The highest BCUT2D eigenvalue weighted by molar-refractivity contribution is 6.08. The van der Waals surface area contributed by atoms with Crippen molar-refractivity contribution < 1.29 is 33.4 Å². The number of urea groups is 1. The molecule has 0 aliphatic carbocycles. The van der Waals surface area contributed by atoms with Crippen LogP contribution in [0.25, 0.3) is 0 Å². The van der Waals surface area contributed by atoms with Crippen LogP contribution < -0.4 is 14.8 Å². The number of nitrogens with zero attached hydrogens (tertiary/aromatic N) is 1. The van der Waals surface area contributed by atoms with Crippen LogP contribution >= 0.6 is 0 Å². The maximum atomic E-state index is 12.6. The van der Waals surface area contributed by atoms with Gasteiger partial charge in [-0.25, -0.2) is 4.79 Å². The minimum atomic E-state index is -1.05. The van der Waals surface area contributed by atoms with E-state index in [0.717, 1.165) is 11.3 Å². The molecule has 164 valence electrons. The molecule has 9 nitrogen and oxygen atoms in total. The van der Waals surface area contributed by atoms with Crippen LogP contribution in [0.2, 0.25) is 0 Å². The summed E-state index contributed by atoms with van der Waals surface area (Å²) in [4.78, 5) is 50.2. The number of hydrogen-bond acceptors (Lipinski definition) is 7. The van der Waals surface area contributed by atoms with Crippen molar-refractivity contribution in [2.75, 3.05) is 27.4 Å². The zero-order chi connectivity index (χ0) is 22.5. The zero-order valence-electron chi connectivity index (χ0n) is 17.9. The number of benzene rings is 1. The molecule has 1 aliphatic rings. The van der Waals surface area contributed by atoms with Gasteiger partial charge in [-0.05, 0) is 37.8 Å². The molecule has 0 radical (unpaired) electrons. The van der Waals surface area contributed by atoms with Gasteiger partial charge in [0.25, 0.3) is 5.91 Å². The minimum Gasteiger partial charge on any atom is -0.497 e. The Bertz CT molecular complexity index is 837. The van der Waals surface area contributed by atoms with Crippen molar-refractivity contribution in [1.82, 2.24) is 10.2 Å². The third-order valence-electron chi connectivity index (χ3n) is 4.93. The molecule has 1 aliphatic heterocycles. The van der Waals surface area contributed by atoms with Gasteiger partial charge in [0.2, 0.25) is 5.78 Å². The van der Waals surface area contributed by atoms with Crippen molar-refractivity contribution in [3.05, 3.63) is 23.8 Å². The topological polar surface area (TPSA) is 111 Å². The molecule has 9 heteroatoms. The van der Waals surface area contributed by atoms with E-state index in [1.165, 1.54) is 20.3 Å². The second kappa shape index (κ2) is 9.60. The van der Waals surface area contributed by atoms with Gasteiger partial charge in [0, 0.05) is 6.07 Å². The van der Waals surface area contributed by atoms with E-state index < -0.39 is 42.4 Å². The van der Waals surface area contributed by atoms with Gasteiger partial charge in [0.05, 0.1) is 19.8 Å². The lowest BCUT2D eigenvalue weighted by Gasteiger charge is -2.22. The third-order valence-corrected chi connectivity index (χ3v) is 4.93. The summed E-state index contributed by atoms with van der Waals surface area (Å²) >= 11 is 0. The monoisotopic (exact) mass is 420 g/mol. The van der Waals surface area contributed by atoms with E-state index in [2.05, 4.69) is 5.32 Å². The molecular weight excluding hydrogens is 392 g/mol. The Morgan fingerprint density at radius 1 is 1.17 bits per heavy atom. The minimum absolute atomic E-state index is 0.224. The number of Topliss-reactive ketones (excluding diaryl/α,β-unsaturated/α-hetero) is 1. The molecule has 0 aromatic heterocycles. The molecule has 30 heavy (non-hydrogen) atoms. The molecule has 1 aromatic carbocycles. The van der Waals surface area contributed by atoms with E-state index in [-0.39, 0.29) is 11.3 Å². The largest absolute Gasteiger partial charge is 0.497 e. The number of imide groups is 1. The van der Waals surface area contributed by atoms with Gasteiger partial charge in [-0.3, -0.25) is 19.3 Å². The normalized spacial score (nSPS) is 18.4. The van der Waals surface area contributed by atoms with Gasteiger partial charge in [0.15, 0.2) is 6.61 Å². The van der Waals surface area contributed by atoms with Gasteiger partial charge in [-0.15, -0.1) is 0 Å². The molecule has 1 aromatic rings. The molecule has 0 bridgehead atoms. The van der Waals surface area contributed by atoms with Gasteiger partial charge >= 0.3 is 12.0 Å². The van der Waals surface area contributed by atoms with Gasteiger partial charge in [-0.1, -0.05) is 13.8 Å².